The molecule has 3 aromatic rings. The second-order valence-electron chi connectivity index (χ2n) is 8.69. The molecule has 32 heavy (non-hydrogen) atoms. The number of rotatable bonds is 4. The van der Waals surface area contributed by atoms with Crippen molar-refractivity contribution in [2.24, 2.45) is 5.92 Å². The summed E-state index contributed by atoms with van der Waals surface area (Å²) in [7, 11) is 0. The molecule has 0 radical (unpaired) electrons. The van der Waals surface area contributed by atoms with Crippen molar-refractivity contribution in [3.05, 3.63) is 77.9 Å². The summed E-state index contributed by atoms with van der Waals surface area (Å²) < 4.78 is 13.6. The molecular formula is C26H27FN4O. The molecule has 0 bridgehead atoms. The van der Waals surface area contributed by atoms with Crippen LogP contribution in [0.15, 0.2) is 60.9 Å². The summed E-state index contributed by atoms with van der Waals surface area (Å²) in [4.78, 5) is 23.9. The van der Waals surface area contributed by atoms with E-state index >= 15 is 0 Å². The first kappa shape index (κ1) is 20.6. The number of carbonyl (C=O) groups is 1. The van der Waals surface area contributed by atoms with Crippen molar-refractivity contribution in [2.45, 2.75) is 38.1 Å². The molecule has 1 amide bonds. The van der Waals surface area contributed by atoms with Gasteiger partial charge in [0.25, 0.3) is 0 Å². The summed E-state index contributed by atoms with van der Waals surface area (Å²) in [6.07, 6.45) is 6.32. The topological polar surface area (TPSA) is 58.1 Å². The smallest absolute Gasteiger partial charge is 0.223 e. The molecular weight excluding hydrogens is 403 g/mol. The van der Waals surface area contributed by atoms with E-state index in [4.69, 9.17) is 0 Å². The van der Waals surface area contributed by atoms with Crippen molar-refractivity contribution in [1.82, 2.24) is 15.3 Å². The van der Waals surface area contributed by atoms with Crippen LogP contribution >= 0.6 is 0 Å². The number of amides is 1. The average molecular weight is 431 g/mol. The summed E-state index contributed by atoms with van der Waals surface area (Å²) in [6.45, 7) is 1.53. The van der Waals surface area contributed by atoms with Crippen molar-refractivity contribution < 1.29 is 9.18 Å². The highest BCUT2D eigenvalue weighted by molar-refractivity contribution is 5.79. The van der Waals surface area contributed by atoms with E-state index in [-0.39, 0.29) is 23.7 Å². The van der Waals surface area contributed by atoms with Crippen LogP contribution in [0.2, 0.25) is 0 Å². The zero-order valence-corrected chi connectivity index (χ0v) is 18.0. The van der Waals surface area contributed by atoms with Crippen LogP contribution in [0, 0.1) is 11.7 Å². The molecule has 1 aliphatic carbocycles. The molecule has 2 aliphatic rings. The predicted molar refractivity (Wildman–Crippen MR) is 123 cm³/mol. The lowest BCUT2D eigenvalue weighted by Crippen LogP contribution is -2.42. The summed E-state index contributed by atoms with van der Waals surface area (Å²) >= 11 is 0. The van der Waals surface area contributed by atoms with Gasteiger partial charge in [0.2, 0.25) is 5.91 Å². The summed E-state index contributed by atoms with van der Waals surface area (Å²) in [5.41, 5.74) is 4.06. The van der Waals surface area contributed by atoms with Crippen LogP contribution in [0.5, 0.6) is 0 Å². The van der Waals surface area contributed by atoms with Gasteiger partial charge < -0.3 is 10.2 Å². The molecule has 5 nitrogen and oxygen atoms in total. The number of aryl methyl sites for hydroxylation is 1. The Labute approximate surface area is 187 Å². The monoisotopic (exact) mass is 430 g/mol. The number of hydrogen-bond acceptors (Lipinski definition) is 4. The van der Waals surface area contributed by atoms with Crippen LogP contribution < -0.4 is 10.2 Å². The van der Waals surface area contributed by atoms with Gasteiger partial charge in [-0.1, -0.05) is 36.4 Å². The third-order valence-corrected chi connectivity index (χ3v) is 6.65. The van der Waals surface area contributed by atoms with Crippen molar-refractivity contribution in [3.8, 4) is 11.3 Å². The second-order valence-corrected chi connectivity index (χ2v) is 8.69. The minimum Gasteiger partial charge on any atom is -0.356 e. The van der Waals surface area contributed by atoms with Crippen molar-refractivity contribution in [3.63, 3.8) is 0 Å². The third kappa shape index (κ3) is 4.35. The standard InChI is InChI=1S/C26H27FN4O/c27-21-8-3-7-20(15-21)24-16-25(29-17-28-24)31-13-11-19(12-14-31)26(32)30-23-10-4-6-18-5-1-2-9-22(18)23/h1-3,5,7-9,15-17,19,23H,4,6,10-14H2,(H,30,32)/t23-/m0/s1. The number of aromatic nitrogens is 2. The number of carbonyl (C=O) groups excluding carboxylic acids is 1. The third-order valence-electron chi connectivity index (χ3n) is 6.65. The molecule has 0 spiro atoms. The van der Waals surface area contributed by atoms with Gasteiger partial charge in [-0.2, -0.15) is 0 Å². The summed E-state index contributed by atoms with van der Waals surface area (Å²) in [6, 6.07) is 16.9. The van der Waals surface area contributed by atoms with Gasteiger partial charge in [-0.3, -0.25) is 4.79 Å². The van der Waals surface area contributed by atoms with Crippen LogP contribution in [0.3, 0.4) is 0 Å². The molecule has 1 aliphatic heterocycles. The lowest BCUT2D eigenvalue weighted by atomic mass is 9.87. The number of nitrogens with one attached hydrogen (secondary N) is 1. The molecule has 0 saturated carbocycles. The van der Waals surface area contributed by atoms with Crippen molar-refractivity contribution >= 4 is 11.7 Å². The maximum Gasteiger partial charge on any atom is 0.223 e. The maximum absolute atomic E-state index is 13.6. The number of halogens is 1. The quantitative estimate of drug-likeness (QED) is 0.652. The van der Waals surface area contributed by atoms with Gasteiger partial charge in [0.05, 0.1) is 11.7 Å². The van der Waals surface area contributed by atoms with Crippen molar-refractivity contribution in [2.75, 3.05) is 18.0 Å². The van der Waals surface area contributed by atoms with Crippen LogP contribution in [0.1, 0.15) is 42.9 Å². The Kier molecular flexibility index (Phi) is 5.84. The largest absolute Gasteiger partial charge is 0.356 e. The number of fused-ring (bicyclic) bond motifs is 1. The number of benzene rings is 2. The number of anilines is 1. The van der Waals surface area contributed by atoms with Gasteiger partial charge in [0.15, 0.2) is 0 Å². The first-order valence-electron chi connectivity index (χ1n) is 11.4. The van der Waals surface area contributed by atoms with E-state index in [2.05, 4.69) is 44.5 Å². The lowest BCUT2D eigenvalue weighted by Gasteiger charge is -2.34. The Bertz CT molecular complexity index is 1110. The Balaban J connectivity index is 1.21. The minimum absolute atomic E-state index is 0.0184. The molecule has 5 rings (SSSR count). The Hall–Kier alpha value is -3.28. The Morgan fingerprint density at radius 3 is 2.69 bits per heavy atom. The van der Waals surface area contributed by atoms with E-state index in [1.165, 1.54) is 29.6 Å². The SMILES string of the molecule is O=C(N[C@H]1CCCc2ccccc21)C1CCN(c2cc(-c3cccc(F)c3)ncn2)CC1. The van der Waals surface area contributed by atoms with Gasteiger partial charge >= 0.3 is 0 Å². The number of hydrogen-bond donors (Lipinski definition) is 1. The highest BCUT2D eigenvalue weighted by Crippen LogP contribution is 2.31. The summed E-state index contributed by atoms with van der Waals surface area (Å²) in [5.74, 6) is 0.716. The summed E-state index contributed by atoms with van der Waals surface area (Å²) in [5, 5.41) is 3.32. The van der Waals surface area contributed by atoms with Gasteiger partial charge in [0.1, 0.15) is 18.0 Å². The Morgan fingerprint density at radius 1 is 1.00 bits per heavy atom. The number of piperidine rings is 1. The number of nitrogens with zero attached hydrogens (tertiary/aromatic N) is 3. The van der Waals surface area contributed by atoms with Crippen LogP contribution in [-0.4, -0.2) is 29.0 Å². The fraction of sp³-hybridized carbons (Fsp3) is 0.346. The fourth-order valence-corrected chi connectivity index (χ4v) is 4.89. The molecule has 1 aromatic heterocycles. The Morgan fingerprint density at radius 2 is 1.84 bits per heavy atom. The van der Waals surface area contributed by atoms with Gasteiger partial charge in [-0.05, 0) is 55.4 Å². The van der Waals surface area contributed by atoms with Crippen molar-refractivity contribution in [1.29, 1.82) is 0 Å². The first-order chi connectivity index (χ1) is 15.7. The van der Waals surface area contributed by atoms with E-state index in [1.807, 2.05) is 12.1 Å². The normalized spacial score (nSPS) is 18.8. The maximum atomic E-state index is 13.6. The van der Waals surface area contributed by atoms with E-state index in [1.54, 1.807) is 6.07 Å². The van der Waals surface area contributed by atoms with Crippen LogP contribution in [-0.2, 0) is 11.2 Å². The zero-order valence-electron chi connectivity index (χ0n) is 18.0. The van der Waals surface area contributed by atoms with Gasteiger partial charge in [-0.15, -0.1) is 0 Å². The molecule has 1 N–H and O–H groups in total. The van der Waals surface area contributed by atoms with Crippen LogP contribution in [0.25, 0.3) is 11.3 Å². The molecule has 1 saturated heterocycles. The second kappa shape index (κ2) is 9.07. The fourth-order valence-electron chi connectivity index (χ4n) is 4.89. The van der Waals surface area contributed by atoms with E-state index in [9.17, 15) is 9.18 Å². The average Bonchev–Trinajstić information content (AvgIpc) is 2.84. The van der Waals surface area contributed by atoms with Crippen LogP contribution in [0.4, 0.5) is 10.2 Å². The van der Waals surface area contributed by atoms with E-state index in [0.29, 0.717) is 5.69 Å². The zero-order chi connectivity index (χ0) is 21.9. The van der Waals surface area contributed by atoms with Gasteiger partial charge in [0, 0.05) is 30.6 Å². The van der Waals surface area contributed by atoms with Gasteiger partial charge in [-0.25, -0.2) is 14.4 Å². The molecule has 2 heterocycles. The predicted octanol–water partition coefficient (Wildman–Crippen LogP) is 4.69. The molecule has 164 valence electrons. The molecule has 6 heteroatoms. The minimum atomic E-state index is -0.282. The highest BCUT2D eigenvalue weighted by atomic mass is 19.1. The molecule has 0 unspecified atom stereocenters. The first-order valence-corrected chi connectivity index (χ1v) is 11.4. The molecule has 1 atom stereocenters. The molecule has 1 fully saturated rings. The highest BCUT2D eigenvalue weighted by Gasteiger charge is 2.29. The van der Waals surface area contributed by atoms with E-state index < -0.39 is 0 Å². The lowest BCUT2D eigenvalue weighted by molar-refractivity contribution is -0.126. The molecule has 2 aromatic carbocycles. The van der Waals surface area contributed by atoms with E-state index in [0.717, 1.165) is 56.6 Å².